The Hall–Kier alpha value is -2.01. The lowest BCUT2D eigenvalue weighted by Gasteiger charge is -2.20. The number of aliphatic imine (C=N–C) groups is 1. The zero-order valence-electron chi connectivity index (χ0n) is 11.0. The number of ether oxygens (including phenoxy) is 2. The topological polar surface area (TPSA) is 47.9 Å². The third-order valence-electron chi connectivity index (χ3n) is 3.68. The molecular weight excluding hydrogens is 287 g/mol. The summed E-state index contributed by atoms with van der Waals surface area (Å²) in [5.41, 5.74) is -1.20. The van der Waals surface area contributed by atoms with Crippen LogP contribution in [0.1, 0.15) is 30.4 Å². The second-order valence-corrected chi connectivity index (χ2v) is 5.10. The molecule has 4 nitrogen and oxygen atoms in total. The Morgan fingerprint density at radius 2 is 1.81 bits per heavy atom. The van der Waals surface area contributed by atoms with E-state index in [0.717, 1.165) is 6.07 Å². The number of carbonyl (C=O) groups excluding carboxylic acids is 1. The summed E-state index contributed by atoms with van der Waals surface area (Å²) < 4.78 is 50.0. The first-order valence-corrected chi connectivity index (χ1v) is 6.57. The summed E-state index contributed by atoms with van der Waals surface area (Å²) in [6, 6.07) is 2.29. The van der Waals surface area contributed by atoms with Gasteiger partial charge in [-0.1, -0.05) is 6.07 Å². The molecule has 21 heavy (non-hydrogen) atoms. The lowest BCUT2D eigenvalue weighted by Crippen LogP contribution is -2.12. The van der Waals surface area contributed by atoms with Crippen LogP contribution in [0.3, 0.4) is 0 Å². The van der Waals surface area contributed by atoms with Crippen LogP contribution in [0.4, 0.5) is 13.2 Å². The van der Waals surface area contributed by atoms with Gasteiger partial charge in [-0.3, -0.25) is 0 Å². The molecule has 1 heterocycles. The van der Waals surface area contributed by atoms with Crippen LogP contribution in [-0.2, 0) is 16.5 Å². The van der Waals surface area contributed by atoms with Crippen LogP contribution in [0.5, 0.6) is 11.5 Å². The van der Waals surface area contributed by atoms with E-state index >= 15 is 0 Å². The van der Waals surface area contributed by atoms with Crippen molar-refractivity contribution in [1.29, 1.82) is 0 Å². The maximum Gasteiger partial charge on any atom is 0.420 e. The van der Waals surface area contributed by atoms with Gasteiger partial charge in [-0.05, 0) is 18.9 Å². The molecule has 0 aromatic heterocycles. The summed E-state index contributed by atoms with van der Waals surface area (Å²) in [7, 11) is 0. The molecule has 112 valence electrons. The minimum absolute atomic E-state index is 0.0545. The number of hydrogen-bond acceptors (Lipinski definition) is 4. The summed E-state index contributed by atoms with van der Waals surface area (Å²) in [4.78, 5) is 14.3. The molecule has 0 N–H and O–H groups in total. The molecule has 1 aliphatic carbocycles. The maximum absolute atomic E-state index is 13.1. The smallest absolute Gasteiger partial charge is 0.420 e. The fourth-order valence-electron chi connectivity index (χ4n) is 2.49. The number of isocyanates is 1. The summed E-state index contributed by atoms with van der Waals surface area (Å²) in [6.07, 6.45) is -1.37. The van der Waals surface area contributed by atoms with Gasteiger partial charge in [-0.2, -0.15) is 18.2 Å². The van der Waals surface area contributed by atoms with Gasteiger partial charge in [0.05, 0.1) is 13.2 Å². The molecule has 0 saturated heterocycles. The number of alkyl halides is 3. The predicted octanol–water partition coefficient (Wildman–Crippen LogP) is 3.19. The van der Waals surface area contributed by atoms with E-state index in [0.29, 0.717) is 24.8 Å². The highest BCUT2D eigenvalue weighted by Crippen LogP contribution is 2.56. The molecule has 1 saturated carbocycles. The van der Waals surface area contributed by atoms with Crippen molar-refractivity contribution in [2.75, 3.05) is 13.2 Å². The largest absolute Gasteiger partial charge is 0.489 e. The number of halogens is 3. The number of nitrogens with zero attached hydrogens (tertiary/aromatic N) is 1. The van der Waals surface area contributed by atoms with Crippen LogP contribution in [0.2, 0.25) is 0 Å². The Bertz CT molecular complexity index is 617. The average Bonchev–Trinajstić information content (AvgIpc) is 3.20. The molecule has 1 fully saturated rings. The Balaban J connectivity index is 2.18. The Kier molecular flexibility index (Phi) is 3.17. The first kappa shape index (κ1) is 13.9. The minimum Gasteiger partial charge on any atom is -0.489 e. The quantitative estimate of drug-likeness (QED) is 0.622. The molecule has 3 rings (SSSR count). The highest BCUT2D eigenvalue weighted by atomic mass is 19.4. The van der Waals surface area contributed by atoms with Crippen molar-refractivity contribution in [1.82, 2.24) is 0 Å². The number of hydrogen-bond donors (Lipinski definition) is 0. The van der Waals surface area contributed by atoms with Crippen molar-refractivity contribution in [3.05, 3.63) is 23.3 Å². The summed E-state index contributed by atoms with van der Waals surface area (Å²) in [6.45, 7) is 0.422. The first-order valence-electron chi connectivity index (χ1n) is 6.57. The fourth-order valence-corrected chi connectivity index (χ4v) is 2.49. The maximum atomic E-state index is 13.1. The molecule has 0 spiro atoms. The number of fused-ring (bicyclic) bond motifs is 1. The number of rotatable bonds is 2. The first-order chi connectivity index (χ1) is 9.98. The highest BCUT2D eigenvalue weighted by molar-refractivity contribution is 5.58. The molecule has 1 aliphatic heterocycles. The van der Waals surface area contributed by atoms with Crippen LogP contribution < -0.4 is 9.47 Å². The average molecular weight is 299 g/mol. The van der Waals surface area contributed by atoms with E-state index in [2.05, 4.69) is 4.99 Å². The molecule has 0 unspecified atom stereocenters. The van der Waals surface area contributed by atoms with E-state index in [1.54, 1.807) is 0 Å². The van der Waals surface area contributed by atoms with Gasteiger partial charge < -0.3 is 9.47 Å². The van der Waals surface area contributed by atoms with Crippen molar-refractivity contribution in [2.24, 2.45) is 4.99 Å². The monoisotopic (exact) mass is 299 g/mol. The van der Waals surface area contributed by atoms with Crippen molar-refractivity contribution in [3.63, 3.8) is 0 Å². The highest BCUT2D eigenvalue weighted by Gasteiger charge is 2.49. The standard InChI is InChI=1S/C14H12F3NO3/c15-14(16,17)10-3-2-9(13(4-5-13)18-8-19)11-12(10)21-7-1-6-20-11/h2-3H,1,4-7H2. The van der Waals surface area contributed by atoms with Gasteiger partial charge in [0.25, 0.3) is 0 Å². The van der Waals surface area contributed by atoms with Crippen LogP contribution in [-0.4, -0.2) is 19.3 Å². The SMILES string of the molecule is O=C=NC1(c2ccc(C(F)(F)F)c3c2OCCCO3)CC1. The lowest BCUT2D eigenvalue weighted by molar-refractivity contribution is -0.139. The summed E-state index contributed by atoms with van der Waals surface area (Å²) in [5, 5.41) is 0. The van der Waals surface area contributed by atoms with E-state index in [9.17, 15) is 18.0 Å². The van der Waals surface area contributed by atoms with Crippen molar-refractivity contribution in [2.45, 2.75) is 31.0 Å². The molecule has 0 bridgehead atoms. The molecule has 0 amide bonds. The lowest BCUT2D eigenvalue weighted by atomic mass is 10.0. The second-order valence-electron chi connectivity index (χ2n) is 5.10. The Labute approximate surface area is 118 Å². The normalized spacial score (nSPS) is 19.4. The van der Waals surface area contributed by atoms with Gasteiger partial charge in [0, 0.05) is 12.0 Å². The fraction of sp³-hybridized carbons (Fsp3) is 0.500. The summed E-state index contributed by atoms with van der Waals surface area (Å²) in [5.74, 6) is -0.247. The molecule has 1 aromatic carbocycles. The number of benzene rings is 1. The van der Waals surface area contributed by atoms with E-state index in [1.165, 1.54) is 12.1 Å². The van der Waals surface area contributed by atoms with Crippen LogP contribution in [0.15, 0.2) is 17.1 Å². The van der Waals surface area contributed by atoms with Gasteiger partial charge in [-0.15, -0.1) is 0 Å². The predicted molar refractivity (Wildman–Crippen MR) is 66.1 cm³/mol. The van der Waals surface area contributed by atoms with Crippen molar-refractivity contribution >= 4 is 6.08 Å². The molecule has 7 heteroatoms. The minimum atomic E-state index is -4.53. The van der Waals surface area contributed by atoms with E-state index in [-0.39, 0.29) is 24.7 Å². The van der Waals surface area contributed by atoms with Crippen molar-refractivity contribution < 1.29 is 27.4 Å². The van der Waals surface area contributed by atoms with E-state index in [4.69, 9.17) is 9.47 Å². The van der Waals surface area contributed by atoms with Gasteiger partial charge in [0.2, 0.25) is 6.08 Å². The zero-order chi connectivity index (χ0) is 15.1. The molecular formula is C14H12F3NO3. The van der Waals surface area contributed by atoms with Gasteiger partial charge in [0.1, 0.15) is 11.1 Å². The van der Waals surface area contributed by atoms with Gasteiger partial charge >= 0.3 is 6.18 Å². The molecule has 0 atom stereocenters. The summed E-state index contributed by atoms with van der Waals surface area (Å²) >= 11 is 0. The third-order valence-corrected chi connectivity index (χ3v) is 3.68. The van der Waals surface area contributed by atoms with Crippen LogP contribution in [0.25, 0.3) is 0 Å². The van der Waals surface area contributed by atoms with Crippen LogP contribution >= 0.6 is 0 Å². The molecule has 2 aliphatic rings. The molecule has 1 aromatic rings. The second kappa shape index (κ2) is 4.77. The van der Waals surface area contributed by atoms with E-state index in [1.807, 2.05) is 0 Å². The Morgan fingerprint density at radius 1 is 1.14 bits per heavy atom. The molecule has 0 radical (unpaired) electrons. The van der Waals surface area contributed by atoms with E-state index < -0.39 is 17.3 Å². The zero-order valence-corrected chi connectivity index (χ0v) is 11.0. The van der Waals surface area contributed by atoms with Crippen LogP contribution in [0, 0.1) is 0 Å². The van der Waals surface area contributed by atoms with Crippen molar-refractivity contribution in [3.8, 4) is 11.5 Å². The Morgan fingerprint density at radius 3 is 2.38 bits per heavy atom. The van der Waals surface area contributed by atoms with Gasteiger partial charge in [-0.25, -0.2) is 4.79 Å². The van der Waals surface area contributed by atoms with Gasteiger partial charge in [0.15, 0.2) is 11.5 Å². The third kappa shape index (κ3) is 2.38.